The lowest BCUT2D eigenvalue weighted by Gasteiger charge is -2.27. The molecule has 16 heavy (non-hydrogen) atoms. The van der Waals surface area contributed by atoms with Gasteiger partial charge in [-0.25, -0.2) is 0 Å². The summed E-state index contributed by atoms with van der Waals surface area (Å²) in [5, 5.41) is 0. The van der Waals surface area contributed by atoms with Gasteiger partial charge >= 0.3 is 0 Å². The van der Waals surface area contributed by atoms with Crippen molar-refractivity contribution in [2.24, 2.45) is 23.7 Å². The van der Waals surface area contributed by atoms with E-state index in [1.165, 1.54) is 5.57 Å². The lowest BCUT2D eigenvalue weighted by molar-refractivity contribution is -0.130. The molecule has 0 aliphatic heterocycles. The van der Waals surface area contributed by atoms with Crippen molar-refractivity contribution in [3.8, 4) is 0 Å². The van der Waals surface area contributed by atoms with Crippen LogP contribution in [-0.2, 0) is 9.59 Å². The van der Waals surface area contributed by atoms with Crippen molar-refractivity contribution in [2.75, 3.05) is 0 Å². The Balaban J connectivity index is 2.31. The number of hydrogen-bond donors (Lipinski definition) is 0. The molecule has 0 aromatic heterocycles. The van der Waals surface area contributed by atoms with E-state index < -0.39 is 0 Å². The summed E-state index contributed by atoms with van der Waals surface area (Å²) in [6.45, 7) is 6.97. The number of rotatable bonds is 4. The van der Waals surface area contributed by atoms with Crippen LogP contribution in [0.2, 0.25) is 0 Å². The van der Waals surface area contributed by atoms with E-state index >= 15 is 0 Å². The number of fused-ring (bicyclic) bond motifs is 2. The molecule has 0 aromatic carbocycles. The molecule has 0 radical (unpaired) electrons. The number of Topliss-reactive ketones (excluding diaryl/α,β-unsaturated/α-hetero) is 2. The average Bonchev–Trinajstić information content (AvgIpc) is 2.73. The number of allylic oxidation sites excluding steroid dienone is 3. The third-order valence-corrected chi connectivity index (χ3v) is 4.03. The van der Waals surface area contributed by atoms with E-state index in [0.717, 1.165) is 12.8 Å². The van der Waals surface area contributed by atoms with Crippen LogP contribution < -0.4 is 0 Å². The molecule has 0 N–H and O–H groups in total. The van der Waals surface area contributed by atoms with Crippen molar-refractivity contribution < 1.29 is 9.59 Å². The summed E-state index contributed by atoms with van der Waals surface area (Å²) in [6.07, 6.45) is 5.93. The fourth-order valence-corrected chi connectivity index (χ4v) is 3.53. The highest BCUT2D eigenvalue weighted by Gasteiger charge is 2.51. The van der Waals surface area contributed by atoms with Crippen LogP contribution in [0.1, 0.15) is 26.7 Å². The SMILES string of the molecule is C=CCC1=CC2CC1C(C(C)=O)C2C(C)=O. The number of carbonyl (C=O) groups excluding carboxylic acids is 2. The van der Waals surface area contributed by atoms with Crippen molar-refractivity contribution >= 4 is 11.6 Å². The van der Waals surface area contributed by atoms with Crippen molar-refractivity contribution in [3.05, 3.63) is 24.3 Å². The van der Waals surface area contributed by atoms with Crippen LogP contribution in [0.3, 0.4) is 0 Å². The Morgan fingerprint density at radius 2 is 2.00 bits per heavy atom. The van der Waals surface area contributed by atoms with Crippen LogP contribution in [0.5, 0.6) is 0 Å². The summed E-state index contributed by atoms with van der Waals surface area (Å²) in [5.41, 5.74) is 1.32. The Kier molecular flexibility index (Phi) is 2.83. The molecule has 0 saturated heterocycles. The second kappa shape index (κ2) is 4.00. The van der Waals surface area contributed by atoms with Crippen LogP contribution in [0.4, 0.5) is 0 Å². The Morgan fingerprint density at radius 1 is 1.38 bits per heavy atom. The molecule has 2 rings (SSSR count). The second-order valence-electron chi connectivity index (χ2n) is 5.01. The first-order valence-corrected chi connectivity index (χ1v) is 5.88. The first kappa shape index (κ1) is 11.3. The molecular weight excluding hydrogens is 200 g/mol. The Labute approximate surface area is 96.4 Å². The monoisotopic (exact) mass is 218 g/mol. The van der Waals surface area contributed by atoms with Gasteiger partial charge < -0.3 is 0 Å². The van der Waals surface area contributed by atoms with Crippen LogP contribution >= 0.6 is 0 Å². The summed E-state index contributed by atoms with van der Waals surface area (Å²) in [5.74, 6) is 0.809. The van der Waals surface area contributed by atoms with E-state index in [1.807, 2.05) is 6.08 Å². The minimum Gasteiger partial charge on any atom is -0.300 e. The summed E-state index contributed by atoms with van der Waals surface area (Å²) in [4.78, 5) is 23.3. The molecular formula is C14H18O2. The molecule has 2 nitrogen and oxygen atoms in total. The molecule has 4 unspecified atom stereocenters. The van der Waals surface area contributed by atoms with Gasteiger partial charge in [0.2, 0.25) is 0 Å². The summed E-state index contributed by atoms with van der Waals surface area (Å²) >= 11 is 0. The molecule has 0 heterocycles. The lowest BCUT2D eigenvalue weighted by Crippen LogP contribution is -2.32. The van der Waals surface area contributed by atoms with Gasteiger partial charge in [0.25, 0.3) is 0 Å². The molecule has 1 fully saturated rings. The zero-order valence-electron chi connectivity index (χ0n) is 9.90. The van der Waals surface area contributed by atoms with Gasteiger partial charge in [-0.15, -0.1) is 6.58 Å². The first-order chi connectivity index (χ1) is 7.56. The number of carbonyl (C=O) groups is 2. The topological polar surface area (TPSA) is 34.1 Å². The predicted molar refractivity (Wildman–Crippen MR) is 62.8 cm³/mol. The molecule has 2 aliphatic rings. The normalized spacial score (nSPS) is 36.0. The maximum atomic E-state index is 11.7. The Morgan fingerprint density at radius 3 is 2.50 bits per heavy atom. The predicted octanol–water partition coefficient (Wildman–Crippen LogP) is 2.55. The van der Waals surface area contributed by atoms with Crippen LogP contribution in [0.15, 0.2) is 24.3 Å². The largest absolute Gasteiger partial charge is 0.300 e. The quantitative estimate of drug-likeness (QED) is 0.679. The summed E-state index contributed by atoms with van der Waals surface area (Å²) in [6, 6.07) is 0. The first-order valence-electron chi connectivity index (χ1n) is 5.88. The molecule has 1 saturated carbocycles. The van der Waals surface area contributed by atoms with E-state index in [4.69, 9.17) is 0 Å². The molecule has 2 bridgehead atoms. The minimum atomic E-state index is -0.0672. The minimum absolute atomic E-state index is 0.0592. The van der Waals surface area contributed by atoms with Crippen molar-refractivity contribution in [2.45, 2.75) is 26.7 Å². The molecule has 86 valence electrons. The highest BCUT2D eigenvalue weighted by Crippen LogP contribution is 2.53. The van der Waals surface area contributed by atoms with Gasteiger partial charge in [-0.3, -0.25) is 9.59 Å². The standard InChI is InChI=1S/C14H18O2/c1-4-5-10-6-11-7-12(10)14(9(3)16)13(11)8(2)15/h4,6,11-14H,1,5,7H2,2-3H3. The van der Waals surface area contributed by atoms with Gasteiger partial charge in [-0.1, -0.05) is 17.7 Å². The molecule has 2 heteroatoms. The van der Waals surface area contributed by atoms with Crippen molar-refractivity contribution in [1.82, 2.24) is 0 Å². The maximum Gasteiger partial charge on any atom is 0.134 e. The van der Waals surface area contributed by atoms with Crippen molar-refractivity contribution in [3.63, 3.8) is 0 Å². The highest BCUT2D eigenvalue weighted by molar-refractivity contribution is 5.89. The average molecular weight is 218 g/mol. The van der Waals surface area contributed by atoms with Gasteiger partial charge in [0.05, 0.1) is 0 Å². The van der Waals surface area contributed by atoms with Gasteiger partial charge in [-0.2, -0.15) is 0 Å². The van der Waals surface area contributed by atoms with E-state index in [1.54, 1.807) is 13.8 Å². The molecule has 2 aliphatic carbocycles. The van der Waals surface area contributed by atoms with Gasteiger partial charge in [0.15, 0.2) is 0 Å². The Bertz CT molecular complexity index is 378. The zero-order chi connectivity index (χ0) is 11.9. The molecule has 0 spiro atoms. The van der Waals surface area contributed by atoms with E-state index in [2.05, 4.69) is 12.7 Å². The smallest absolute Gasteiger partial charge is 0.134 e. The summed E-state index contributed by atoms with van der Waals surface area (Å²) in [7, 11) is 0. The molecule has 4 atom stereocenters. The Hall–Kier alpha value is -1.18. The van der Waals surface area contributed by atoms with Crippen LogP contribution in [0.25, 0.3) is 0 Å². The molecule has 0 aromatic rings. The highest BCUT2D eigenvalue weighted by atomic mass is 16.1. The third-order valence-electron chi connectivity index (χ3n) is 4.03. The van der Waals surface area contributed by atoms with Crippen LogP contribution in [-0.4, -0.2) is 11.6 Å². The van der Waals surface area contributed by atoms with Crippen molar-refractivity contribution in [1.29, 1.82) is 0 Å². The number of hydrogen-bond acceptors (Lipinski definition) is 2. The van der Waals surface area contributed by atoms with E-state index in [9.17, 15) is 9.59 Å². The fraction of sp³-hybridized carbons (Fsp3) is 0.571. The van der Waals surface area contributed by atoms with Gasteiger partial charge in [-0.05, 0) is 38.5 Å². The fourth-order valence-electron chi connectivity index (χ4n) is 3.53. The second-order valence-corrected chi connectivity index (χ2v) is 5.01. The zero-order valence-corrected chi connectivity index (χ0v) is 9.90. The molecule has 0 amide bonds. The number of ketones is 2. The van der Waals surface area contributed by atoms with E-state index in [-0.39, 0.29) is 23.4 Å². The van der Waals surface area contributed by atoms with Gasteiger partial charge in [0.1, 0.15) is 11.6 Å². The van der Waals surface area contributed by atoms with E-state index in [0.29, 0.717) is 11.8 Å². The van der Waals surface area contributed by atoms with Gasteiger partial charge in [0, 0.05) is 11.8 Å². The summed E-state index contributed by atoms with van der Waals surface area (Å²) < 4.78 is 0. The van der Waals surface area contributed by atoms with Crippen LogP contribution in [0, 0.1) is 23.7 Å². The maximum absolute atomic E-state index is 11.7. The lowest BCUT2D eigenvalue weighted by atomic mass is 9.75. The third kappa shape index (κ3) is 1.57.